The van der Waals surface area contributed by atoms with Crippen molar-refractivity contribution in [1.29, 1.82) is 0 Å². The van der Waals surface area contributed by atoms with Crippen LogP contribution < -0.4 is 21.7 Å². The molecule has 11 heteroatoms. The summed E-state index contributed by atoms with van der Waals surface area (Å²) in [5, 5.41) is 8.18. The molecule has 0 aromatic rings. The van der Waals surface area contributed by atoms with E-state index in [0.717, 1.165) is 12.8 Å². The van der Waals surface area contributed by atoms with Crippen LogP contribution in [0.15, 0.2) is 0 Å². The van der Waals surface area contributed by atoms with Crippen molar-refractivity contribution < 1.29 is 33.3 Å². The predicted octanol–water partition coefficient (Wildman–Crippen LogP) is -0.671. The van der Waals surface area contributed by atoms with Gasteiger partial charge in [-0.25, -0.2) is 0 Å². The van der Waals surface area contributed by atoms with Crippen LogP contribution in [0.4, 0.5) is 0 Å². The van der Waals surface area contributed by atoms with E-state index in [0.29, 0.717) is 65.5 Å². The molecule has 0 saturated carbocycles. The second-order valence-corrected chi connectivity index (χ2v) is 7.25. The van der Waals surface area contributed by atoms with Gasteiger partial charge < -0.3 is 40.6 Å². The van der Waals surface area contributed by atoms with E-state index in [1.807, 2.05) is 6.92 Å². The molecule has 0 saturated heterocycles. The lowest BCUT2D eigenvalue weighted by atomic mass is 10.2. The highest BCUT2D eigenvalue weighted by Crippen LogP contribution is 1.92. The number of carbonyl (C=O) groups is 3. The minimum atomic E-state index is -0.241. The van der Waals surface area contributed by atoms with Gasteiger partial charge in [0.25, 0.3) is 0 Å². The highest BCUT2D eigenvalue weighted by molar-refractivity contribution is 5.77. The van der Waals surface area contributed by atoms with E-state index in [-0.39, 0.29) is 43.6 Å². The fourth-order valence-corrected chi connectivity index (χ4v) is 2.25. The molecule has 0 radical (unpaired) electrons. The van der Waals surface area contributed by atoms with E-state index in [2.05, 4.69) is 22.9 Å². The van der Waals surface area contributed by atoms with Crippen LogP contribution in [-0.4, -0.2) is 96.3 Å². The summed E-state index contributed by atoms with van der Waals surface area (Å²) < 4.78 is 21.1. The first-order valence-electron chi connectivity index (χ1n) is 11.3. The quantitative estimate of drug-likeness (QED) is 0.155. The van der Waals surface area contributed by atoms with Crippen molar-refractivity contribution in [2.24, 2.45) is 5.73 Å². The Kier molecular flexibility index (Phi) is 21.2. The molecule has 188 valence electrons. The van der Waals surface area contributed by atoms with Crippen LogP contribution in [0, 0.1) is 0 Å². The van der Waals surface area contributed by atoms with Crippen molar-refractivity contribution in [2.45, 2.75) is 45.6 Å². The summed E-state index contributed by atoms with van der Waals surface area (Å²) in [7, 11) is 0. The van der Waals surface area contributed by atoms with E-state index >= 15 is 0 Å². The number of nitrogens with one attached hydrogen (secondary N) is 3. The fraction of sp³-hybridized carbons (Fsp3) is 0.857. The summed E-state index contributed by atoms with van der Waals surface area (Å²) >= 11 is 0. The van der Waals surface area contributed by atoms with Gasteiger partial charge >= 0.3 is 0 Å². The van der Waals surface area contributed by atoms with E-state index < -0.39 is 0 Å². The summed E-state index contributed by atoms with van der Waals surface area (Å²) in [4.78, 5) is 34.5. The molecule has 0 aromatic carbocycles. The number of hydrogen-bond donors (Lipinski definition) is 4. The van der Waals surface area contributed by atoms with Gasteiger partial charge in [0.05, 0.1) is 39.6 Å². The summed E-state index contributed by atoms with van der Waals surface area (Å²) in [6, 6.07) is 0.0132. The molecule has 1 atom stereocenters. The Balaban J connectivity index is 3.32. The second-order valence-electron chi connectivity index (χ2n) is 7.25. The lowest BCUT2D eigenvalue weighted by molar-refractivity contribution is -0.127. The molecule has 0 rings (SSSR count). The van der Waals surface area contributed by atoms with Gasteiger partial charge in [0.1, 0.15) is 13.2 Å². The molecule has 5 N–H and O–H groups in total. The molecule has 32 heavy (non-hydrogen) atoms. The molecule has 0 aromatic heterocycles. The van der Waals surface area contributed by atoms with Gasteiger partial charge in [-0.05, 0) is 19.8 Å². The number of hydrogen-bond acceptors (Lipinski definition) is 8. The monoisotopic (exact) mass is 462 g/mol. The van der Waals surface area contributed by atoms with Crippen molar-refractivity contribution in [1.82, 2.24) is 16.0 Å². The Morgan fingerprint density at radius 2 is 1.19 bits per heavy atom. The minimum absolute atomic E-state index is 0.0132. The van der Waals surface area contributed by atoms with Crippen LogP contribution in [0.2, 0.25) is 0 Å². The molecule has 11 nitrogen and oxygen atoms in total. The van der Waals surface area contributed by atoms with Gasteiger partial charge in [-0.1, -0.05) is 13.3 Å². The second kappa shape index (κ2) is 22.4. The summed E-state index contributed by atoms with van der Waals surface area (Å²) in [5.74, 6) is -0.411. The zero-order chi connectivity index (χ0) is 23.9. The lowest BCUT2D eigenvalue weighted by Gasteiger charge is -2.09. The number of carbonyl (C=O) groups excluding carboxylic acids is 3. The summed E-state index contributed by atoms with van der Waals surface area (Å²) in [5.41, 5.74) is 5.59. The van der Waals surface area contributed by atoms with Crippen molar-refractivity contribution in [3.8, 4) is 0 Å². The third kappa shape index (κ3) is 22.9. The van der Waals surface area contributed by atoms with Gasteiger partial charge in [-0.2, -0.15) is 0 Å². The van der Waals surface area contributed by atoms with Gasteiger partial charge in [0, 0.05) is 32.1 Å². The fourth-order valence-electron chi connectivity index (χ4n) is 2.25. The van der Waals surface area contributed by atoms with Crippen LogP contribution in [0.1, 0.15) is 39.5 Å². The molecule has 0 aliphatic carbocycles. The van der Waals surface area contributed by atoms with E-state index in [4.69, 9.17) is 24.7 Å². The van der Waals surface area contributed by atoms with Crippen LogP contribution in [-0.2, 0) is 33.3 Å². The third-order valence-electron chi connectivity index (χ3n) is 4.03. The summed E-state index contributed by atoms with van der Waals surface area (Å²) in [6.07, 6.45) is 3.05. The maximum Gasteiger partial charge on any atom is 0.246 e. The predicted molar refractivity (Wildman–Crippen MR) is 120 cm³/mol. The zero-order valence-corrected chi connectivity index (χ0v) is 19.6. The Labute approximate surface area is 191 Å². The van der Waals surface area contributed by atoms with Crippen molar-refractivity contribution >= 4 is 17.7 Å². The van der Waals surface area contributed by atoms with E-state index in [9.17, 15) is 14.4 Å². The smallest absolute Gasteiger partial charge is 0.246 e. The first-order valence-corrected chi connectivity index (χ1v) is 11.3. The highest BCUT2D eigenvalue weighted by Gasteiger charge is 2.04. The third-order valence-corrected chi connectivity index (χ3v) is 4.03. The SMILES string of the molecule is CCCCNC(=O)COCCOCCNC(=O)COCCOCCNC(=O)CC[C@@H](C)N. The van der Waals surface area contributed by atoms with Gasteiger partial charge in [0.2, 0.25) is 17.7 Å². The largest absolute Gasteiger partial charge is 0.377 e. The first kappa shape index (κ1) is 30.2. The maximum absolute atomic E-state index is 11.6. The number of ether oxygens (including phenoxy) is 4. The normalized spacial score (nSPS) is 11.7. The van der Waals surface area contributed by atoms with Crippen molar-refractivity contribution in [2.75, 3.05) is 72.5 Å². The number of nitrogens with two attached hydrogens (primary N) is 1. The first-order chi connectivity index (χ1) is 15.5. The molecule has 3 amide bonds. The molecular weight excluding hydrogens is 420 g/mol. The van der Waals surface area contributed by atoms with E-state index in [1.165, 1.54) is 0 Å². The molecule has 0 aliphatic rings. The van der Waals surface area contributed by atoms with Crippen molar-refractivity contribution in [3.63, 3.8) is 0 Å². The Bertz CT molecular complexity index is 493. The highest BCUT2D eigenvalue weighted by atomic mass is 16.5. The molecular formula is C21H42N4O7. The molecule has 0 unspecified atom stereocenters. The Hall–Kier alpha value is -1.79. The number of amides is 3. The van der Waals surface area contributed by atoms with Crippen LogP contribution >= 0.6 is 0 Å². The topological polar surface area (TPSA) is 150 Å². The zero-order valence-electron chi connectivity index (χ0n) is 19.6. The van der Waals surface area contributed by atoms with Gasteiger partial charge in [-0.15, -0.1) is 0 Å². The number of rotatable bonds is 22. The lowest BCUT2D eigenvalue weighted by Crippen LogP contribution is -2.32. The van der Waals surface area contributed by atoms with Crippen molar-refractivity contribution in [3.05, 3.63) is 0 Å². The Morgan fingerprint density at radius 3 is 1.69 bits per heavy atom. The van der Waals surface area contributed by atoms with E-state index in [1.54, 1.807) is 0 Å². The standard InChI is InChI=1S/C21H42N4O7/c1-3-4-7-23-20(27)16-31-14-13-30-11-9-25-21(28)17-32-15-12-29-10-8-24-19(26)6-5-18(2)22/h18H,3-17,22H2,1-2H3,(H,23,27)(H,24,26)(H,25,28)/t18-/m1/s1. The number of unbranched alkanes of at least 4 members (excludes halogenated alkanes) is 1. The molecule has 0 spiro atoms. The van der Waals surface area contributed by atoms with Gasteiger partial charge in [0.15, 0.2) is 0 Å². The van der Waals surface area contributed by atoms with Crippen LogP contribution in [0.3, 0.4) is 0 Å². The average molecular weight is 463 g/mol. The van der Waals surface area contributed by atoms with Crippen LogP contribution in [0.5, 0.6) is 0 Å². The maximum atomic E-state index is 11.6. The Morgan fingerprint density at radius 1 is 0.719 bits per heavy atom. The average Bonchev–Trinajstić information content (AvgIpc) is 2.76. The molecule has 0 fully saturated rings. The summed E-state index contributed by atoms with van der Waals surface area (Å²) in [6.45, 7) is 7.34. The molecule has 0 aliphatic heterocycles. The molecule has 0 heterocycles. The minimum Gasteiger partial charge on any atom is -0.377 e. The van der Waals surface area contributed by atoms with Gasteiger partial charge in [-0.3, -0.25) is 14.4 Å². The molecule has 0 bridgehead atoms. The van der Waals surface area contributed by atoms with Crippen LogP contribution in [0.25, 0.3) is 0 Å².